The molecular formula is C16H11B2N2O5. The molecule has 7 nitrogen and oxygen atoms in total. The summed E-state index contributed by atoms with van der Waals surface area (Å²) in [6.07, 6.45) is 0. The highest BCUT2D eigenvalue weighted by atomic mass is 16.6. The number of ether oxygens (including phenoxy) is 1. The molecule has 0 bridgehead atoms. The molecule has 2 aliphatic rings. The van der Waals surface area contributed by atoms with Crippen molar-refractivity contribution in [1.82, 2.24) is 5.32 Å². The van der Waals surface area contributed by atoms with Crippen LogP contribution < -0.4 is 15.8 Å². The van der Waals surface area contributed by atoms with Crippen molar-refractivity contribution in [2.45, 2.75) is 11.3 Å². The van der Waals surface area contributed by atoms with Gasteiger partial charge in [0.1, 0.15) is 11.5 Å². The summed E-state index contributed by atoms with van der Waals surface area (Å²) in [5, 5.41) is 23.5. The van der Waals surface area contributed by atoms with Gasteiger partial charge in [0, 0.05) is 30.6 Å². The summed E-state index contributed by atoms with van der Waals surface area (Å²) in [6.45, 7) is 0. The fourth-order valence-corrected chi connectivity index (χ4v) is 3.59. The first kappa shape index (κ1) is 15.6. The van der Waals surface area contributed by atoms with E-state index in [-0.39, 0.29) is 33.9 Å². The zero-order valence-electron chi connectivity index (χ0n) is 12.8. The minimum absolute atomic E-state index is 0.0704. The third-order valence-corrected chi connectivity index (χ3v) is 4.63. The molecule has 0 fully saturated rings. The molecular weight excluding hydrogens is 322 g/mol. The topological polar surface area (TPSA) is 122 Å². The standard InChI is InChI=1S/C16H11B2N2O5/c17-18-14(23)20-15-8-5-4-7(21)6-11(8)25-16(15,24)9-2-1-3-10(19)12(9)13(15)22/h1-6,21,24H,19H2,(H,20,23). The third-order valence-electron chi connectivity index (χ3n) is 4.63. The number of rotatable bonds is 2. The highest BCUT2D eigenvalue weighted by Crippen LogP contribution is 2.59. The molecule has 0 spiro atoms. The molecule has 25 heavy (non-hydrogen) atoms. The van der Waals surface area contributed by atoms with Crippen LogP contribution in [0.5, 0.6) is 11.5 Å². The van der Waals surface area contributed by atoms with Gasteiger partial charge in [-0.1, -0.05) is 12.1 Å². The van der Waals surface area contributed by atoms with Gasteiger partial charge in [-0.3, -0.25) is 9.59 Å². The van der Waals surface area contributed by atoms with Gasteiger partial charge in [-0.15, -0.1) is 0 Å². The number of benzene rings is 2. The maximum Gasteiger partial charge on any atom is 0.271 e. The van der Waals surface area contributed by atoms with E-state index < -0.39 is 22.9 Å². The maximum atomic E-state index is 13.3. The number of carbonyl (C=O) groups is 2. The van der Waals surface area contributed by atoms with Gasteiger partial charge in [-0.25, -0.2) is 0 Å². The van der Waals surface area contributed by atoms with E-state index >= 15 is 0 Å². The average Bonchev–Trinajstić information content (AvgIpc) is 2.92. The van der Waals surface area contributed by atoms with E-state index in [0.29, 0.717) is 0 Å². The van der Waals surface area contributed by atoms with E-state index in [0.717, 1.165) is 7.17 Å². The van der Waals surface area contributed by atoms with E-state index in [4.69, 9.17) is 18.2 Å². The summed E-state index contributed by atoms with van der Waals surface area (Å²) in [5.74, 6) is -3.66. The van der Waals surface area contributed by atoms with Crippen molar-refractivity contribution in [3.63, 3.8) is 0 Å². The Morgan fingerprint density at radius 2 is 2.04 bits per heavy atom. The lowest BCUT2D eigenvalue weighted by Gasteiger charge is -2.34. The predicted molar refractivity (Wildman–Crippen MR) is 89.5 cm³/mol. The largest absolute Gasteiger partial charge is 0.508 e. The van der Waals surface area contributed by atoms with Crippen LogP contribution in [0.2, 0.25) is 0 Å². The van der Waals surface area contributed by atoms with Crippen LogP contribution in [0, 0.1) is 0 Å². The number of amides is 1. The smallest absolute Gasteiger partial charge is 0.271 e. The average molecular weight is 333 g/mol. The number of nitrogens with two attached hydrogens (primary N) is 1. The summed E-state index contributed by atoms with van der Waals surface area (Å²) >= 11 is 0. The first-order valence-electron chi connectivity index (χ1n) is 7.41. The number of hydrogen-bond donors (Lipinski definition) is 4. The maximum absolute atomic E-state index is 13.3. The number of phenolic OH excluding ortho intramolecular Hbond substituents is 1. The SMILES string of the molecule is [B][B]C(=O)NC12C(=O)c3c(N)cccc3C1(O)Oc1cc(O)ccc12. The van der Waals surface area contributed by atoms with Crippen LogP contribution >= 0.6 is 0 Å². The van der Waals surface area contributed by atoms with Crippen LogP contribution in [0.1, 0.15) is 21.5 Å². The summed E-state index contributed by atoms with van der Waals surface area (Å²) in [4.78, 5) is 25.3. The molecule has 1 amide bonds. The van der Waals surface area contributed by atoms with Crippen molar-refractivity contribution in [2.75, 3.05) is 5.73 Å². The second-order valence-corrected chi connectivity index (χ2v) is 5.93. The summed E-state index contributed by atoms with van der Waals surface area (Å²) in [7, 11) is 6.01. The number of carbonyl (C=O) groups excluding carboxylic acids is 2. The zero-order chi connectivity index (χ0) is 18.0. The number of nitrogens with one attached hydrogen (secondary N) is 1. The van der Waals surface area contributed by atoms with Crippen molar-refractivity contribution in [1.29, 1.82) is 0 Å². The molecule has 0 aromatic heterocycles. The lowest BCUT2D eigenvalue weighted by Crippen LogP contribution is -2.60. The first-order valence-corrected chi connectivity index (χ1v) is 7.41. The van der Waals surface area contributed by atoms with Crippen molar-refractivity contribution in [3.05, 3.63) is 53.1 Å². The molecule has 1 aliphatic carbocycles. The fourth-order valence-electron chi connectivity index (χ4n) is 3.59. The molecule has 2 aromatic carbocycles. The number of Topliss-reactive ketones (excluding diaryl/α,β-unsaturated/α-hetero) is 1. The lowest BCUT2D eigenvalue weighted by molar-refractivity contribution is -0.168. The van der Waals surface area contributed by atoms with Crippen LogP contribution in [-0.4, -0.2) is 36.7 Å². The summed E-state index contributed by atoms with van der Waals surface area (Å²) in [6, 6.07) is 8.56. The Balaban J connectivity index is 2.05. The first-order chi connectivity index (χ1) is 11.8. The molecule has 0 saturated carbocycles. The van der Waals surface area contributed by atoms with Gasteiger partial charge >= 0.3 is 0 Å². The number of phenols is 1. The number of aromatic hydroxyl groups is 1. The van der Waals surface area contributed by atoms with Crippen LogP contribution in [0.4, 0.5) is 10.5 Å². The summed E-state index contributed by atoms with van der Waals surface area (Å²) < 4.78 is 5.65. The van der Waals surface area contributed by atoms with Crippen LogP contribution in [0.3, 0.4) is 0 Å². The monoisotopic (exact) mass is 333 g/mol. The molecule has 5 N–H and O–H groups in total. The minimum Gasteiger partial charge on any atom is -0.508 e. The molecule has 2 aromatic rings. The van der Waals surface area contributed by atoms with Crippen molar-refractivity contribution in [2.24, 2.45) is 0 Å². The second kappa shape index (κ2) is 4.80. The van der Waals surface area contributed by atoms with Gasteiger partial charge in [0.25, 0.3) is 5.79 Å². The van der Waals surface area contributed by atoms with E-state index in [1.807, 2.05) is 0 Å². The molecule has 121 valence electrons. The Kier molecular flexibility index (Phi) is 2.99. The number of fused-ring (bicyclic) bond motifs is 5. The normalized spacial score (nSPS) is 25.6. The Bertz CT molecular complexity index is 950. The molecule has 3 radical (unpaired) electrons. The van der Waals surface area contributed by atoms with Gasteiger partial charge in [0.2, 0.25) is 11.3 Å². The van der Waals surface area contributed by atoms with E-state index in [9.17, 15) is 19.8 Å². The predicted octanol–water partition coefficient (Wildman–Crippen LogP) is 0.101. The van der Waals surface area contributed by atoms with Crippen molar-refractivity contribution < 1.29 is 24.5 Å². The second-order valence-electron chi connectivity index (χ2n) is 5.93. The van der Waals surface area contributed by atoms with Crippen LogP contribution in [0.25, 0.3) is 0 Å². The lowest BCUT2D eigenvalue weighted by atomic mass is 9.55. The highest BCUT2D eigenvalue weighted by Gasteiger charge is 2.71. The van der Waals surface area contributed by atoms with Crippen molar-refractivity contribution in [3.8, 4) is 11.5 Å². The minimum atomic E-state index is -2.22. The number of ketones is 1. The third kappa shape index (κ3) is 1.70. The zero-order valence-corrected chi connectivity index (χ0v) is 12.8. The molecule has 1 heterocycles. The number of aliphatic hydroxyl groups is 1. The fraction of sp³-hybridized carbons (Fsp3) is 0.125. The molecule has 1 aliphatic heterocycles. The van der Waals surface area contributed by atoms with Gasteiger partial charge in [0.05, 0.1) is 5.56 Å². The molecule has 2 atom stereocenters. The number of nitrogen functional groups attached to an aromatic ring is 1. The Morgan fingerprint density at radius 1 is 1.28 bits per heavy atom. The van der Waals surface area contributed by atoms with Crippen LogP contribution in [-0.2, 0) is 11.3 Å². The Morgan fingerprint density at radius 3 is 2.76 bits per heavy atom. The molecule has 2 unspecified atom stereocenters. The number of hydrogen-bond acceptors (Lipinski definition) is 6. The highest BCUT2D eigenvalue weighted by molar-refractivity contribution is 7.08. The van der Waals surface area contributed by atoms with Crippen molar-refractivity contribution >= 4 is 32.2 Å². The van der Waals surface area contributed by atoms with Gasteiger partial charge in [-0.2, -0.15) is 0 Å². The number of anilines is 1. The van der Waals surface area contributed by atoms with Gasteiger partial charge < -0.3 is 26.0 Å². The Hall–Kier alpha value is -2.93. The van der Waals surface area contributed by atoms with Gasteiger partial charge in [-0.05, 0) is 18.2 Å². The molecule has 4 rings (SSSR count). The van der Waals surface area contributed by atoms with E-state index in [1.165, 1.54) is 30.3 Å². The quantitative estimate of drug-likeness (QED) is 0.457. The molecule has 0 saturated heterocycles. The van der Waals surface area contributed by atoms with Gasteiger partial charge in [0.15, 0.2) is 13.0 Å². The van der Waals surface area contributed by atoms with E-state index in [2.05, 4.69) is 5.32 Å². The Labute approximate surface area is 144 Å². The van der Waals surface area contributed by atoms with Crippen LogP contribution in [0.15, 0.2) is 36.4 Å². The van der Waals surface area contributed by atoms with E-state index in [1.54, 1.807) is 6.07 Å². The molecule has 9 heteroatoms. The summed E-state index contributed by atoms with van der Waals surface area (Å²) in [5.41, 5.74) is 4.51.